The van der Waals surface area contributed by atoms with Gasteiger partial charge in [-0.1, -0.05) is 6.92 Å². The van der Waals surface area contributed by atoms with Crippen LogP contribution in [0.15, 0.2) is 18.2 Å². The first-order valence-corrected chi connectivity index (χ1v) is 6.25. The molecule has 1 heterocycles. The number of aromatic carboxylic acids is 1. The van der Waals surface area contributed by atoms with Gasteiger partial charge in [0.1, 0.15) is 11.4 Å². The van der Waals surface area contributed by atoms with Crippen LogP contribution in [0, 0.1) is 0 Å². The maximum absolute atomic E-state index is 11.4. The van der Waals surface area contributed by atoms with Gasteiger partial charge in [0.15, 0.2) is 0 Å². The smallest absolute Gasteiger partial charge is 0.352 e. The lowest BCUT2D eigenvalue weighted by Gasteiger charge is -2.05. The number of carboxylic acids is 1. The van der Waals surface area contributed by atoms with Crippen LogP contribution in [0.25, 0.3) is 10.9 Å². The van der Waals surface area contributed by atoms with Crippen molar-refractivity contribution in [2.45, 2.75) is 19.9 Å². The molecule has 1 aromatic carbocycles. The van der Waals surface area contributed by atoms with Gasteiger partial charge in [-0.05, 0) is 18.2 Å². The summed E-state index contributed by atoms with van der Waals surface area (Å²) < 4.78 is 5.15. The zero-order chi connectivity index (χ0) is 14.7. The Hall–Kier alpha value is -2.50. The van der Waals surface area contributed by atoms with Crippen molar-refractivity contribution in [2.75, 3.05) is 7.11 Å². The Morgan fingerprint density at radius 2 is 2.15 bits per heavy atom. The third-order valence-electron chi connectivity index (χ3n) is 3.11. The van der Waals surface area contributed by atoms with Gasteiger partial charge in [-0.2, -0.15) is 0 Å². The molecular weight excluding hydrogens is 260 g/mol. The second-order valence-corrected chi connectivity index (χ2v) is 4.33. The summed E-state index contributed by atoms with van der Waals surface area (Å²) in [4.78, 5) is 25.5. The van der Waals surface area contributed by atoms with Crippen molar-refractivity contribution in [3.63, 3.8) is 0 Å². The Morgan fingerprint density at radius 3 is 2.75 bits per heavy atom. The number of hydrogen-bond donors (Lipinski definition) is 3. The van der Waals surface area contributed by atoms with Crippen molar-refractivity contribution in [3.8, 4) is 5.75 Å². The minimum Gasteiger partial charge on any atom is -0.497 e. The van der Waals surface area contributed by atoms with Gasteiger partial charge in [0.05, 0.1) is 7.11 Å². The molecule has 0 atom stereocenters. The third-order valence-corrected chi connectivity index (χ3v) is 3.11. The predicted molar refractivity (Wildman–Crippen MR) is 73.9 cm³/mol. The van der Waals surface area contributed by atoms with Crippen molar-refractivity contribution in [1.82, 2.24) is 10.3 Å². The number of benzene rings is 1. The monoisotopic (exact) mass is 276 g/mol. The fraction of sp³-hybridized carbons (Fsp3) is 0.286. The molecule has 0 saturated carbocycles. The molecule has 2 rings (SSSR count). The van der Waals surface area contributed by atoms with Crippen LogP contribution in [0.4, 0.5) is 0 Å². The number of methoxy groups -OCH3 is 1. The number of fused-ring (bicyclic) bond motifs is 1. The van der Waals surface area contributed by atoms with E-state index in [4.69, 9.17) is 4.74 Å². The Morgan fingerprint density at radius 1 is 1.40 bits per heavy atom. The summed E-state index contributed by atoms with van der Waals surface area (Å²) in [6.45, 7) is 1.91. The van der Waals surface area contributed by atoms with Crippen molar-refractivity contribution >= 4 is 22.8 Å². The molecule has 0 unspecified atom stereocenters. The van der Waals surface area contributed by atoms with E-state index < -0.39 is 5.97 Å². The van der Waals surface area contributed by atoms with E-state index >= 15 is 0 Å². The number of aromatic amines is 1. The summed E-state index contributed by atoms with van der Waals surface area (Å²) in [7, 11) is 1.55. The number of ether oxygens (including phenoxy) is 1. The topological polar surface area (TPSA) is 91.4 Å². The summed E-state index contributed by atoms with van der Waals surface area (Å²) in [5, 5.41) is 12.7. The van der Waals surface area contributed by atoms with Crippen molar-refractivity contribution in [3.05, 3.63) is 29.5 Å². The molecule has 2 aromatic rings. The number of carboxylic acid groups (broad SMARTS) is 1. The van der Waals surface area contributed by atoms with E-state index in [0.717, 1.165) is 5.39 Å². The normalized spacial score (nSPS) is 10.5. The van der Waals surface area contributed by atoms with Crippen LogP contribution in [0.5, 0.6) is 5.75 Å². The first-order valence-electron chi connectivity index (χ1n) is 6.25. The standard InChI is InChI=1S/C14H16N2O4/c1-3-12(17)15-7-10-9-6-8(20-2)4-5-11(9)16-13(10)14(18)19/h4-6,16H,3,7H2,1-2H3,(H,15,17)(H,18,19). The first kappa shape index (κ1) is 13.9. The van der Waals surface area contributed by atoms with E-state index in [1.807, 2.05) is 0 Å². The molecule has 0 aliphatic rings. The van der Waals surface area contributed by atoms with Gasteiger partial charge in [-0.25, -0.2) is 4.79 Å². The Bertz CT molecular complexity index is 660. The molecule has 3 N–H and O–H groups in total. The highest BCUT2D eigenvalue weighted by molar-refractivity contribution is 5.98. The molecule has 0 aliphatic carbocycles. The molecule has 0 aliphatic heterocycles. The lowest BCUT2D eigenvalue weighted by molar-refractivity contribution is -0.120. The lowest BCUT2D eigenvalue weighted by Crippen LogP contribution is -2.22. The molecule has 106 valence electrons. The molecule has 1 aromatic heterocycles. The largest absolute Gasteiger partial charge is 0.497 e. The fourth-order valence-electron chi connectivity index (χ4n) is 2.03. The van der Waals surface area contributed by atoms with E-state index in [9.17, 15) is 14.7 Å². The number of rotatable bonds is 5. The predicted octanol–water partition coefficient (Wildman–Crippen LogP) is 1.90. The van der Waals surface area contributed by atoms with Crippen molar-refractivity contribution in [1.29, 1.82) is 0 Å². The minimum atomic E-state index is -1.05. The maximum atomic E-state index is 11.4. The van der Waals surface area contributed by atoms with Gasteiger partial charge in [-0.3, -0.25) is 4.79 Å². The minimum absolute atomic E-state index is 0.0876. The highest BCUT2D eigenvalue weighted by Gasteiger charge is 2.17. The van der Waals surface area contributed by atoms with E-state index in [2.05, 4.69) is 10.3 Å². The second kappa shape index (κ2) is 5.64. The van der Waals surface area contributed by atoms with Crippen LogP contribution < -0.4 is 10.1 Å². The van der Waals surface area contributed by atoms with Crippen LogP contribution in [-0.4, -0.2) is 29.1 Å². The molecule has 6 nitrogen and oxygen atoms in total. The van der Waals surface area contributed by atoms with E-state index in [1.165, 1.54) is 0 Å². The molecular formula is C14H16N2O4. The number of amides is 1. The molecule has 1 amide bonds. The average Bonchev–Trinajstić information content (AvgIpc) is 2.82. The highest BCUT2D eigenvalue weighted by Crippen LogP contribution is 2.26. The van der Waals surface area contributed by atoms with Crippen molar-refractivity contribution in [2.24, 2.45) is 0 Å². The number of nitrogens with one attached hydrogen (secondary N) is 2. The Labute approximate surface area is 115 Å². The first-order chi connectivity index (χ1) is 9.56. The zero-order valence-corrected chi connectivity index (χ0v) is 11.3. The van der Waals surface area contributed by atoms with Crippen LogP contribution >= 0.6 is 0 Å². The van der Waals surface area contributed by atoms with Crippen LogP contribution in [0.2, 0.25) is 0 Å². The van der Waals surface area contributed by atoms with Gasteiger partial charge in [0.2, 0.25) is 5.91 Å². The summed E-state index contributed by atoms with van der Waals surface area (Å²) in [6, 6.07) is 5.26. The second-order valence-electron chi connectivity index (χ2n) is 4.33. The molecule has 6 heteroatoms. The number of carbonyl (C=O) groups is 2. The van der Waals surface area contributed by atoms with E-state index in [1.54, 1.807) is 32.2 Å². The summed E-state index contributed by atoms with van der Waals surface area (Å²) in [5.41, 5.74) is 1.34. The lowest BCUT2D eigenvalue weighted by atomic mass is 10.1. The van der Waals surface area contributed by atoms with E-state index in [-0.39, 0.29) is 18.1 Å². The average molecular weight is 276 g/mol. The van der Waals surface area contributed by atoms with Gasteiger partial charge in [0.25, 0.3) is 0 Å². The number of carbonyl (C=O) groups excluding carboxylic acids is 1. The Balaban J connectivity index is 2.48. The number of aromatic nitrogens is 1. The molecule has 0 bridgehead atoms. The molecule has 0 radical (unpaired) electrons. The highest BCUT2D eigenvalue weighted by atomic mass is 16.5. The third kappa shape index (κ3) is 2.59. The Kier molecular flexibility index (Phi) is 3.93. The molecule has 0 saturated heterocycles. The summed E-state index contributed by atoms with van der Waals surface area (Å²) >= 11 is 0. The molecule has 0 fully saturated rings. The SMILES string of the molecule is CCC(=O)NCc1c(C(=O)O)[nH]c2ccc(OC)cc12. The zero-order valence-electron chi connectivity index (χ0n) is 11.3. The van der Waals surface area contributed by atoms with Crippen LogP contribution in [0.1, 0.15) is 29.4 Å². The van der Waals surface area contributed by atoms with Gasteiger partial charge in [0, 0.05) is 29.4 Å². The maximum Gasteiger partial charge on any atom is 0.352 e. The number of hydrogen-bond acceptors (Lipinski definition) is 3. The molecule has 20 heavy (non-hydrogen) atoms. The van der Waals surface area contributed by atoms with Gasteiger partial charge in [-0.15, -0.1) is 0 Å². The quantitative estimate of drug-likeness (QED) is 0.777. The van der Waals surface area contributed by atoms with Crippen LogP contribution in [0.3, 0.4) is 0 Å². The van der Waals surface area contributed by atoms with Crippen LogP contribution in [-0.2, 0) is 11.3 Å². The summed E-state index contributed by atoms with van der Waals surface area (Å²) in [6.07, 6.45) is 0.355. The summed E-state index contributed by atoms with van der Waals surface area (Å²) in [5.74, 6) is -0.545. The van der Waals surface area contributed by atoms with E-state index in [0.29, 0.717) is 23.3 Å². The number of H-pyrrole nitrogens is 1. The fourth-order valence-corrected chi connectivity index (χ4v) is 2.03. The molecule has 0 spiro atoms. The van der Waals surface area contributed by atoms with Gasteiger partial charge < -0.3 is 20.1 Å². The van der Waals surface area contributed by atoms with Gasteiger partial charge >= 0.3 is 5.97 Å². The van der Waals surface area contributed by atoms with Crippen molar-refractivity contribution < 1.29 is 19.4 Å².